The van der Waals surface area contributed by atoms with Crippen molar-refractivity contribution in [2.75, 3.05) is 19.8 Å². The highest BCUT2D eigenvalue weighted by molar-refractivity contribution is 5.86. The van der Waals surface area contributed by atoms with Gasteiger partial charge in [0.2, 0.25) is 11.8 Å². The van der Waals surface area contributed by atoms with Gasteiger partial charge in [0, 0.05) is 19.5 Å². The van der Waals surface area contributed by atoms with Gasteiger partial charge in [-0.2, -0.15) is 0 Å². The SMILES string of the molecule is O=C1N[C@@H](Cc2ccccc2)COC(=O)[C@H](Cc2ccc(F)cc2)C/C=C\C[C@@H]1CC(=O)N(CCO)Cc1ccccc1. The Balaban J connectivity index is 1.53. The van der Waals surface area contributed by atoms with Gasteiger partial charge in [-0.3, -0.25) is 14.4 Å². The van der Waals surface area contributed by atoms with Crippen LogP contribution >= 0.6 is 0 Å². The molecule has 8 heteroatoms. The zero-order chi connectivity index (χ0) is 30.4. The summed E-state index contributed by atoms with van der Waals surface area (Å²) in [6.45, 7) is 0.293. The number of aliphatic hydroxyl groups excluding tert-OH is 1. The van der Waals surface area contributed by atoms with Crippen LogP contribution in [0.1, 0.15) is 36.0 Å². The van der Waals surface area contributed by atoms with Crippen molar-refractivity contribution in [3.05, 3.63) is 120 Å². The third-order valence-corrected chi connectivity index (χ3v) is 7.57. The molecular weight excluding hydrogens is 547 g/mol. The fourth-order valence-electron chi connectivity index (χ4n) is 5.20. The molecule has 0 aromatic heterocycles. The second-order valence-corrected chi connectivity index (χ2v) is 10.9. The molecule has 2 amide bonds. The number of hydrogen-bond acceptors (Lipinski definition) is 5. The lowest BCUT2D eigenvalue weighted by Crippen LogP contribution is -2.45. The van der Waals surface area contributed by atoms with Crippen molar-refractivity contribution in [1.29, 1.82) is 0 Å². The molecule has 0 unspecified atom stereocenters. The Kier molecular flexibility index (Phi) is 12.0. The van der Waals surface area contributed by atoms with Crippen molar-refractivity contribution in [3.8, 4) is 0 Å². The first kappa shape index (κ1) is 31.6. The number of benzene rings is 3. The molecule has 43 heavy (non-hydrogen) atoms. The van der Waals surface area contributed by atoms with E-state index >= 15 is 0 Å². The normalized spacial score (nSPS) is 20.2. The summed E-state index contributed by atoms with van der Waals surface area (Å²) in [6.07, 6.45) is 5.18. The van der Waals surface area contributed by atoms with Gasteiger partial charge in [0.1, 0.15) is 12.4 Å². The van der Waals surface area contributed by atoms with E-state index < -0.39 is 17.9 Å². The Labute approximate surface area is 252 Å². The Morgan fingerprint density at radius 3 is 2.09 bits per heavy atom. The average molecular weight is 587 g/mol. The molecular formula is C35H39FN2O5. The first-order chi connectivity index (χ1) is 20.9. The molecule has 0 aliphatic carbocycles. The monoisotopic (exact) mass is 586 g/mol. The number of amides is 2. The Hall–Kier alpha value is -4.30. The molecule has 4 rings (SSSR count). The number of carbonyl (C=O) groups excluding carboxylic acids is 3. The minimum Gasteiger partial charge on any atom is -0.463 e. The number of ether oxygens (including phenoxy) is 1. The maximum atomic E-state index is 13.6. The molecule has 3 atom stereocenters. The van der Waals surface area contributed by atoms with Crippen LogP contribution in [0.2, 0.25) is 0 Å². The smallest absolute Gasteiger partial charge is 0.309 e. The number of aliphatic hydroxyl groups is 1. The zero-order valence-electron chi connectivity index (χ0n) is 24.2. The number of hydrogen-bond donors (Lipinski definition) is 2. The highest BCUT2D eigenvalue weighted by atomic mass is 19.1. The maximum absolute atomic E-state index is 13.6. The van der Waals surface area contributed by atoms with E-state index in [1.165, 1.54) is 12.1 Å². The molecule has 0 fully saturated rings. The van der Waals surface area contributed by atoms with E-state index in [9.17, 15) is 23.9 Å². The zero-order valence-corrected chi connectivity index (χ0v) is 24.2. The minimum absolute atomic E-state index is 0.0194. The number of halogens is 1. The van der Waals surface area contributed by atoms with Crippen LogP contribution in [0.3, 0.4) is 0 Å². The number of esters is 1. The number of nitrogens with zero attached hydrogens (tertiary/aromatic N) is 1. The van der Waals surface area contributed by atoms with Crippen LogP contribution in [0.5, 0.6) is 0 Å². The molecule has 1 aliphatic rings. The van der Waals surface area contributed by atoms with Crippen LogP contribution in [0, 0.1) is 17.7 Å². The van der Waals surface area contributed by atoms with Crippen molar-refractivity contribution in [3.63, 3.8) is 0 Å². The van der Waals surface area contributed by atoms with E-state index in [4.69, 9.17) is 4.74 Å². The highest BCUT2D eigenvalue weighted by Crippen LogP contribution is 2.20. The second-order valence-electron chi connectivity index (χ2n) is 10.9. The van der Waals surface area contributed by atoms with Gasteiger partial charge in [0.25, 0.3) is 0 Å². The molecule has 0 spiro atoms. The lowest BCUT2D eigenvalue weighted by atomic mass is 9.93. The van der Waals surface area contributed by atoms with E-state index in [2.05, 4.69) is 5.32 Å². The van der Waals surface area contributed by atoms with Crippen LogP contribution in [0.25, 0.3) is 0 Å². The van der Waals surface area contributed by atoms with Gasteiger partial charge < -0.3 is 20.1 Å². The molecule has 1 heterocycles. The van der Waals surface area contributed by atoms with Gasteiger partial charge in [0.15, 0.2) is 0 Å². The van der Waals surface area contributed by atoms with E-state index in [-0.39, 0.29) is 49.8 Å². The summed E-state index contributed by atoms with van der Waals surface area (Å²) in [5.74, 6) is -2.37. The molecule has 226 valence electrons. The predicted octanol–water partition coefficient (Wildman–Crippen LogP) is 4.63. The molecule has 0 saturated carbocycles. The second kappa shape index (κ2) is 16.4. The minimum atomic E-state index is -0.648. The van der Waals surface area contributed by atoms with Gasteiger partial charge in [-0.05, 0) is 54.5 Å². The average Bonchev–Trinajstić information content (AvgIpc) is 3.01. The third-order valence-electron chi connectivity index (χ3n) is 7.57. The van der Waals surface area contributed by atoms with Crippen LogP contribution in [-0.4, -0.2) is 53.6 Å². The molecule has 3 aromatic rings. The summed E-state index contributed by atoms with van der Waals surface area (Å²) in [5.41, 5.74) is 2.73. The summed E-state index contributed by atoms with van der Waals surface area (Å²) in [7, 11) is 0. The lowest BCUT2D eigenvalue weighted by molar-refractivity contribution is -0.150. The van der Waals surface area contributed by atoms with Gasteiger partial charge in [-0.25, -0.2) is 4.39 Å². The van der Waals surface area contributed by atoms with Gasteiger partial charge >= 0.3 is 5.97 Å². The van der Waals surface area contributed by atoms with Crippen LogP contribution < -0.4 is 5.32 Å². The predicted molar refractivity (Wildman–Crippen MR) is 162 cm³/mol. The summed E-state index contributed by atoms with van der Waals surface area (Å²) < 4.78 is 19.2. The molecule has 1 aliphatic heterocycles. The van der Waals surface area contributed by atoms with Crippen LogP contribution in [0.4, 0.5) is 4.39 Å². The van der Waals surface area contributed by atoms with Crippen molar-refractivity contribution < 1.29 is 28.6 Å². The topological polar surface area (TPSA) is 95.9 Å². The fraction of sp³-hybridized carbons (Fsp3) is 0.343. The largest absolute Gasteiger partial charge is 0.463 e. The Morgan fingerprint density at radius 1 is 0.837 bits per heavy atom. The first-order valence-electron chi connectivity index (χ1n) is 14.7. The number of rotatable bonds is 10. The summed E-state index contributed by atoms with van der Waals surface area (Å²) >= 11 is 0. The van der Waals surface area contributed by atoms with Crippen molar-refractivity contribution >= 4 is 17.8 Å². The standard InChI is InChI=1S/C35H39FN2O5/c36-31-17-15-27(16-18-31)21-30-14-8-7-13-29(23-33(40)38(19-20-39)24-28-11-5-2-6-12-28)34(41)37-32(25-43-35(30)42)22-26-9-3-1-4-10-26/h1-12,15-18,29-30,32,39H,13-14,19-25H2,(H,37,41)/b8-7-/t29-,30+,32+/m1/s1. The van der Waals surface area contributed by atoms with Crippen molar-refractivity contribution in [1.82, 2.24) is 10.2 Å². The number of nitrogens with one attached hydrogen (secondary N) is 1. The summed E-state index contributed by atoms with van der Waals surface area (Å²) in [6, 6.07) is 24.7. The van der Waals surface area contributed by atoms with E-state index in [1.807, 2.05) is 72.8 Å². The molecule has 0 saturated heterocycles. The van der Waals surface area contributed by atoms with Crippen molar-refractivity contribution in [2.24, 2.45) is 11.8 Å². The molecule has 0 radical (unpaired) electrons. The third kappa shape index (κ3) is 10.2. The van der Waals surface area contributed by atoms with Gasteiger partial charge in [-0.15, -0.1) is 0 Å². The Morgan fingerprint density at radius 2 is 1.44 bits per heavy atom. The number of allylic oxidation sites excluding steroid dienone is 2. The molecule has 3 aromatic carbocycles. The number of carbonyl (C=O) groups is 3. The van der Waals surface area contributed by atoms with Gasteiger partial charge in [-0.1, -0.05) is 84.9 Å². The molecule has 0 bridgehead atoms. The van der Waals surface area contributed by atoms with E-state index in [1.54, 1.807) is 17.0 Å². The summed E-state index contributed by atoms with van der Waals surface area (Å²) in [5, 5.41) is 12.7. The summed E-state index contributed by atoms with van der Waals surface area (Å²) in [4.78, 5) is 41.8. The van der Waals surface area contributed by atoms with Crippen LogP contribution in [-0.2, 0) is 38.5 Å². The number of cyclic esters (lactones) is 1. The quantitative estimate of drug-likeness (QED) is 0.267. The molecule has 7 nitrogen and oxygen atoms in total. The van der Waals surface area contributed by atoms with Gasteiger partial charge in [0.05, 0.1) is 24.5 Å². The molecule has 2 N–H and O–H groups in total. The van der Waals surface area contributed by atoms with Crippen molar-refractivity contribution in [2.45, 2.75) is 44.7 Å². The highest BCUT2D eigenvalue weighted by Gasteiger charge is 2.28. The van der Waals surface area contributed by atoms with E-state index in [0.717, 1.165) is 16.7 Å². The first-order valence-corrected chi connectivity index (χ1v) is 14.7. The fourth-order valence-corrected chi connectivity index (χ4v) is 5.20. The van der Waals surface area contributed by atoms with E-state index in [0.29, 0.717) is 32.2 Å². The lowest BCUT2D eigenvalue weighted by Gasteiger charge is -2.26. The van der Waals surface area contributed by atoms with Crippen LogP contribution in [0.15, 0.2) is 97.1 Å². The maximum Gasteiger partial charge on any atom is 0.309 e. The Bertz CT molecular complexity index is 1350.